The lowest BCUT2D eigenvalue weighted by atomic mass is 10.1. The van der Waals surface area contributed by atoms with Gasteiger partial charge in [0.15, 0.2) is 5.57 Å². The van der Waals surface area contributed by atoms with Crippen LogP contribution >= 0.6 is 11.3 Å². The highest BCUT2D eigenvalue weighted by Crippen LogP contribution is 2.13. The molecule has 1 saturated heterocycles. The molecule has 1 aliphatic rings. The third-order valence-corrected chi connectivity index (χ3v) is 6.15. The van der Waals surface area contributed by atoms with Crippen LogP contribution in [-0.4, -0.2) is 33.4 Å². The third-order valence-electron chi connectivity index (χ3n) is 5.06. The minimum Gasteiger partial charge on any atom is -0.338 e. The number of nitriles is 1. The number of aromatic nitrogens is 2. The van der Waals surface area contributed by atoms with Crippen LogP contribution in [0, 0.1) is 17.1 Å². The van der Waals surface area contributed by atoms with Gasteiger partial charge in [-0.25, -0.2) is 4.39 Å². The molecule has 1 amide bonds. The highest BCUT2D eigenvalue weighted by molar-refractivity contribution is 7.07. The third kappa shape index (κ3) is 4.32. The molecule has 0 bridgehead atoms. The number of likely N-dealkylation sites (tertiary alicyclic amines) is 1. The molecule has 1 aliphatic heterocycles. The number of pyridine rings is 1. The number of halogens is 1. The van der Waals surface area contributed by atoms with Crippen LogP contribution in [0.5, 0.6) is 0 Å². The van der Waals surface area contributed by atoms with E-state index >= 15 is 0 Å². The molecule has 0 saturated carbocycles. The van der Waals surface area contributed by atoms with Crippen molar-refractivity contribution in [1.29, 1.82) is 5.26 Å². The molecular formula is C23H19FN4O2S. The fourth-order valence-corrected chi connectivity index (χ4v) is 4.59. The van der Waals surface area contributed by atoms with Gasteiger partial charge in [0, 0.05) is 19.3 Å². The van der Waals surface area contributed by atoms with Gasteiger partial charge in [-0.05, 0) is 61.7 Å². The van der Waals surface area contributed by atoms with Crippen LogP contribution < -0.4 is 14.8 Å². The number of carbonyl (C=O) groups is 1. The van der Waals surface area contributed by atoms with Gasteiger partial charge in [-0.2, -0.15) is 5.26 Å². The van der Waals surface area contributed by atoms with Crippen molar-refractivity contribution in [2.45, 2.75) is 19.3 Å². The summed E-state index contributed by atoms with van der Waals surface area (Å²) in [5, 5.41) is 9.86. The van der Waals surface area contributed by atoms with Gasteiger partial charge < -0.3 is 4.90 Å². The van der Waals surface area contributed by atoms with Crippen LogP contribution in [0.1, 0.15) is 25.0 Å². The van der Waals surface area contributed by atoms with Crippen molar-refractivity contribution >= 4 is 28.9 Å². The normalized spacial score (nSPS) is 15.5. The zero-order valence-electron chi connectivity index (χ0n) is 16.6. The summed E-state index contributed by atoms with van der Waals surface area (Å²) in [6.07, 6.45) is 6.06. The Morgan fingerprint density at radius 3 is 2.52 bits per heavy atom. The second-order valence-corrected chi connectivity index (χ2v) is 8.16. The lowest BCUT2D eigenvalue weighted by Crippen LogP contribution is -2.39. The van der Waals surface area contributed by atoms with E-state index in [1.54, 1.807) is 35.4 Å². The standard InChI is InChI=1S/C23H19FN4O2S/c24-16-7-9-18(10-8-16)28-22(30)20(14-17-6-2-3-11-26-17)31-23(28)19(15-25)21(29)27-12-4-1-5-13-27/h2-3,6-11,14H,1,4-5,12-13H2/b20-14+,23-19-. The number of piperidine rings is 1. The predicted octanol–water partition coefficient (Wildman–Crippen LogP) is 1.95. The van der Waals surface area contributed by atoms with Crippen LogP contribution in [0.3, 0.4) is 0 Å². The quantitative estimate of drug-likeness (QED) is 0.631. The summed E-state index contributed by atoms with van der Waals surface area (Å²) < 4.78 is 15.3. The summed E-state index contributed by atoms with van der Waals surface area (Å²) in [4.78, 5) is 32.3. The number of nitrogens with zero attached hydrogens (tertiary/aromatic N) is 4. The number of thiazole rings is 1. The van der Waals surface area contributed by atoms with E-state index in [2.05, 4.69) is 4.98 Å². The van der Waals surface area contributed by atoms with Crippen molar-refractivity contribution in [3.05, 3.63) is 79.7 Å². The van der Waals surface area contributed by atoms with E-state index in [9.17, 15) is 19.2 Å². The fourth-order valence-electron chi connectivity index (χ4n) is 3.51. The Balaban J connectivity index is 1.98. The van der Waals surface area contributed by atoms with Crippen molar-refractivity contribution in [3.8, 4) is 11.8 Å². The molecule has 3 heterocycles. The molecular weight excluding hydrogens is 415 g/mol. The van der Waals surface area contributed by atoms with Gasteiger partial charge in [-0.1, -0.05) is 6.07 Å². The highest BCUT2D eigenvalue weighted by Gasteiger charge is 2.23. The first-order chi connectivity index (χ1) is 15.1. The Kier molecular flexibility index (Phi) is 6.05. The molecule has 2 aromatic heterocycles. The lowest BCUT2D eigenvalue weighted by molar-refractivity contribution is -0.125. The van der Waals surface area contributed by atoms with E-state index < -0.39 is 11.4 Å². The van der Waals surface area contributed by atoms with Crippen LogP contribution in [0.4, 0.5) is 4.39 Å². The van der Waals surface area contributed by atoms with Crippen LogP contribution in [0.15, 0.2) is 53.5 Å². The van der Waals surface area contributed by atoms with Crippen LogP contribution in [0.2, 0.25) is 0 Å². The summed E-state index contributed by atoms with van der Waals surface area (Å²) in [6.45, 7) is 1.17. The average Bonchev–Trinajstić information content (AvgIpc) is 3.11. The van der Waals surface area contributed by atoms with E-state index in [0.717, 1.165) is 30.6 Å². The van der Waals surface area contributed by atoms with Gasteiger partial charge in [0.05, 0.1) is 15.9 Å². The van der Waals surface area contributed by atoms with Crippen LogP contribution in [-0.2, 0) is 4.79 Å². The molecule has 0 unspecified atom stereocenters. The van der Waals surface area contributed by atoms with Crippen LogP contribution in [0.25, 0.3) is 17.3 Å². The number of carbonyl (C=O) groups excluding carboxylic acids is 1. The maximum absolute atomic E-state index is 13.5. The zero-order valence-corrected chi connectivity index (χ0v) is 17.4. The fraction of sp³-hybridized carbons (Fsp3) is 0.217. The van der Waals surface area contributed by atoms with E-state index in [1.165, 1.54) is 28.8 Å². The smallest absolute Gasteiger partial charge is 0.273 e. The number of rotatable bonds is 3. The van der Waals surface area contributed by atoms with Crippen molar-refractivity contribution in [2.24, 2.45) is 0 Å². The molecule has 0 aliphatic carbocycles. The summed E-state index contributed by atoms with van der Waals surface area (Å²) in [7, 11) is 0. The van der Waals surface area contributed by atoms with Crippen molar-refractivity contribution in [3.63, 3.8) is 0 Å². The minimum absolute atomic E-state index is 0.0889. The summed E-state index contributed by atoms with van der Waals surface area (Å²) in [5.74, 6) is -0.827. The topological polar surface area (TPSA) is 79.0 Å². The van der Waals surface area contributed by atoms with E-state index in [4.69, 9.17) is 0 Å². The molecule has 3 aromatic rings. The molecule has 0 spiro atoms. The highest BCUT2D eigenvalue weighted by atomic mass is 32.1. The largest absolute Gasteiger partial charge is 0.338 e. The van der Waals surface area contributed by atoms with Gasteiger partial charge in [-0.15, -0.1) is 11.3 Å². The molecule has 1 fully saturated rings. The molecule has 6 nitrogen and oxygen atoms in total. The first-order valence-corrected chi connectivity index (χ1v) is 10.7. The zero-order chi connectivity index (χ0) is 21.8. The monoisotopic (exact) mass is 434 g/mol. The molecule has 4 rings (SSSR count). The predicted molar refractivity (Wildman–Crippen MR) is 116 cm³/mol. The van der Waals surface area contributed by atoms with Gasteiger partial charge in [0.2, 0.25) is 0 Å². The van der Waals surface area contributed by atoms with E-state index in [1.807, 2.05) is 6.07 Å². The van der Waals surface area contributed by atoms with Gasteiger partial charge in [-0.3, -0.25) is 19.1 Å². The number of hydrogen-bond acceptors (Lipinski definition) is 5. The molecule has 0 N–H and O–H groups in total. The number of amides is 1. The second-order valence-electron chi connectivity index (χ2n) is 7.13. The SMILES string of the molecule is N#C/C(C(=O)N1CCCCC1)=c1/s/c(=C/c2ccccn2)c(=O)n1-c1ccc(F)cc1. The van der Waals surface area contributed by atoms with Crippen molar-refractivity contribution < 1.29 is 9.18 Å². The number of benzene rings is 1. The second kappa shape index (κ2) is 9.06. The first-order valence-electron chi connectivity index (χ1n) is 9.93. The average molecular weight is 434 g/mol. The summed E-state index contributed by atoms with van der Waals surface area (Å²) >= 11 is 1.06. The van der Waals surface area contributed by atoms with E-state index in [0.29, 0.717) is 29.0 Å². The van der Waals surface area contributed by atoms with Gasteiger partial charge >= 0.3 is 0 Å². The molecule has 8 heteroatoms. The van der Waals surface area contributed by atoms with Crippen molar-refractivity contribution in [1.82, 2.24) is 14.5 Å². The van der Waals surface area contributed by atoms with Gasteiger partial charge in [0.25, 0.3) is 11.5 Å². The molecule has 1 aromatic carbocycles. The molecule has 0 atom stereocenters. The van der Waals surface area contributed by atoms with Gasteiger partial charge in [0.1, 0.15) is 16.5 Å². The molecule has 31 heavy (non-hydrogen) atoms. The Morgan fingerprint density at radius 1 is 1.13 bits per heavy atom. The Labute approximate surface area is 181 Å². The van der Waals surface area contributed by atoms with E-state index in [-0.39, 0.29) is 16.1 Å². The summed E-state index contributed by atoms with van der Waals surface area (Å²) in [6, 6.07) is 12.7. The molecule has 156 valence electrons. The maximum Gasteiger partial charge on any atom is 0.273 e. The number of hydrogen-bond donors (Lipinski definition) is 0. The lowest BCUT2D eigenvalue weighted by Gasteiger charge is -2.26. The Morgan fingerprint density at radius 2 is 1.87 bits per heavy atom. The Bertz CT molecular complexity index is 1320. The first kappa shape index (κ1) is 20.7. The maximum atomic E-state index is 13.5. The van der Waals surface area contributed by atoms with Crippen molar-refractivity contribution in [2.75, 3.05) is 13.1 Å². The minimum atomic E-state index is -0.442. The molecule has 0 radical (unpaired) electrons. The Hall–Kier alpha value is -3.57. The summed E-state index contributed by atoms with van der Waals surface area (Å²) in [5.41, 5.74) is 0.488.